The first-order valence-corrected chi connectivity index (χ1v) is 7.66. The van der Waals surface area contributed by atoms with Crippen molar-refractivity contribution in [3.05, 3.63) is 12.2 Å². The van der Waals surface area contributed by atoms with Crippen LogP contribution in [0.4, 0.5) is 0 Å². The van der Waals surface area contributed by atoms with Crippen LogP contribution in [0.3, 0.4) is 0 Å². The zero-order valence-electron chi connectivity index (χ0n) is 11.4. The van der Waals surface area contributed by atoms with E-state index in [4.69, 9.17) is 4.74 Å². The minimum atomic E-state index is 0.520. The molecule has 2 fully saturated rings. The Labute approximate surface area is 111 Å². The fraction of sp³-hybridized carbons (Fsp3) is 0.867. The average Bonchev–Trinajstić information content (AvgIpc) is 2.94. The number of hydrogen-bond acceptors (Lipinski definition) is 3. The lowest BCUT2D eigenvalue weighted by Crippen LogP contribution is -2.51. The third-order valence-corrected chi connectivity index (χ3v) is 4.59. The smallest absolute Gasteiger partial charge is 0.0702 e. The largest absolute Gasteiger partial charge is 0.377 e. The summed E-state index contributed by atoms with van der Waals surface area (Å²) >= 11 is 0. The third kappa shape index (κ3) is 3.14. The molecule has 2 aliphatic heterocycles. The second kappa shape index (κ2) is 6.18. The molecule has 2 heterocycles. The summed E-state index contributed by atoms with van der Waals surface area (Å²) in [5, 5.41) is 0. The lowest BCUT2D eigenvalue weighted by Gasteiger charge is -2.39. The van der Waals surface area contributed by atoms with Gasteiger partial charge in [-0.25, -0.2) is 0 Å². The van der Waals surface area contributed by atoms with Crippen LogP contribution in [0.1, 0.15) is 32.1 Å². The number of allylic oxidation sites excluding steroid dienone is 1. The summed E-state index contributed by atoms with van der Waals surface area (Å²) in [6, 6.07) is 0.726. The highest BCUT2D eigenvalue weighted by atomic mass is 16.5. The van der Waals surface area contributed by atoms with Gasteiger partial charge < -0.3 is 4.74 Å². The number of ether oxygens (including phenoxy) is 1. The van der Waals surface area contributed by atoms with E-state index in [9.17, 15) is 0 Å². The predicted molar refractivity (Wildman–Crippen MR) is 73.8 cm³/mol. The van der Waals surface area contributed by atoms with E-state index in [1.807, 2.05) is 0 Å². The monoisotopic (exact) mass is 250 g/mol. The van der Waals surface area contributed by atoms with E-state index in [1.54, 1.807) is 0 Å². The summed E-state index contributed by atoms with van der Waals surface area (Å²) in [7, 11) is 0. The molecule has 0 unspecified atom stereocenters. The zero-order chi connectivity index (χ0) is 12.2. The van der Waals surface area contributed by atoms with E-state index in [1.165, 1.54) is 58.3 Å². The van der Waals surface area contributed by atoms with Crippen LogP contribution in [0, 0.1) is 0 Å². The van der Waals surface area contributed by atoms with Crippen LogP contribution in [-0.2, 0) is 4.74 Å². The summed E-state index contributed by atoms with van der Waals surface area (Å²) in [6.07, 6.45) is 11.9. The van der Waals surface area contributed by atoms with Gasteiger partial charge in [0.1, 0.15) is 0 Å². The van der Waals surface area contributed by atoms with Gasteiger partial charge in [0.15, 0.2) is 0 Å². The summed E-state index contributed by atoms with van der Waals surface area (Å²) < 4.78 is 5.73. The Kier molecular flexibility index (Phi) is 4.34. The van der Waals surface area contributed by atoms with Crippen LogP contribution in [-0.4, -0.2) is 61.3 Å². The van der Waals surface area contributed by atoms with Crippen LogP contribution in [0.5, 0.6) is 0 Å². The van der Waals surface area contributed by atoms with Crippen molar-refractivity contribution in [3.63, 3.8) is 0 Å². The lowest BCUT2D eigenvalue weighted by atomic mass is 10.0. The molecule has 1 aliphatic carbocycles. The Morgan fingerprint density at radius 3 is 2.61 bits per heavy atom. The van der Waals surface area contributed by atoms with E-state index in [2.05, 4.69) is 22.0 Å². The van der Waals surface area contributed by atoms with E-state index >= 15 is 0 Å². The standard InChI is InChI=1S/C15H26N2O/c1-2-5-14(6-3-1)17-10-8-16(9-11-17)13-15-7-4-12-18-15/h2,5,14-15H,1,3-4,6-13H2/t14-,15+/m0/s1. The van der Waals surface area contributed by atoms with Crippen molar-refractivity contribution in [2.75, 3.05) is 39.3 Å². The second-order valence-corrected chi connectivity index (χ2v) is 5.90. The Morgan fingerprint density at radius 1 is 1.06 bits per heavy atom. The van der Waals surface area contributed by atoms with Gasteiger partial charge in [-0.2, -0.15) is 0 Å². The Balaban J connectivity index is 1.42. The van der Waals surface area contributed by atoms with Gasteiger partial charge in [0.25, 0.3) is 0 Å². The Bertz CT molecular complexity index is 278. The molecule has 0 aromatic heterocycles. The van der Waals surface area contributed by atoms with Crippen LogP contribution in [0.15, 0.2) is 12.2 Å². The molecular weight excluding hydrogens is 224 g/mol. The van der Waals surface area contributed by atoms with Crippen LogP contribution >= 0.6 is 0 Å². The SMILES string of the molecule is C1=C[C@H](N2CCN(C[C@H]3CCCO3)CC2)CCC1. The number of rotatable bonds is 3. The van der Waals surface area contributed by atoms with Crippen molar-refractivity contribution in [3.8, 4) is 0 Å². The fourth-order valence-corrected chi connectivity index (χ4v) is 3.45. The molecule has 3 nitrogen and oxygen atoms in total. The Morgan fingerprint density at radius 2 is 1.94 bits per heavy atom. The maximum absolute atomic E-state index is 5.73. The topological polar surface area (TPSA) is 15.7 Å². The number of piperazine rings is 1. The van der Waals surface area contributed by atoms with E-state index in [0.717, 1.165) is 19.2 Å². The number of hydrogen-bond donors (Lipinski definition) is 0. The van der Waals surface area contributed by atoms with Crippen molar-refractivity contribution in [1.82, 2.24) is 9.80 Å². The van der Waals surface area contributed by atoms with Gasteiger partial charge in [-0.05, 0) is 32.1 Å². The van der Waals surface area contributed by atoms with Gasteiger partial charge in [0.05, 0.1) is 6.10 Å². The Hall–Kier alpha value is -0.380. The summed E-state index contributed by atoms with van der Waals surface area (Å²) in [5.74, 6) is 0. The van der Waals surface area contributed by atoms with Gasteiger partial charge in [0.2, 0.25) is 0 Å². The quantitative estimate of drug-likeness (QED) is 0.712. The van der Waals surface area contributed by atoms with Crippen molar-refractivity contribution >= 4 is 0 Å². The first-order valence-electron chi connectivity index (χ1n) is 7.66. The first-order chi connectivity index (χ1) is 8.92. The van der Waals surface area contributed by atoms with Gasteiger partial charge in [-0.1, -0.05) is 12.2 Å². The minimum Gasteiger partial charge on any atom is -0.377 e. The lowest BCUT2D eigenvalue weighted by molar-refractivity contribution is 0.0436. The van der Waals surface area contributed by atoms with Crippen LogP contribution < -0.4 is 0 Å². The van der Waals surface area contributed by atoms with Gasteiger partial charge in [0, 0.05) is 45.4 Å². The fourth-order valence-electron chi connectivity index (χ4n) is 3.45. The molecule has 18 heavy (non-hydrogen) atoms. The van der Waals surface area contributed by atoms with E-state index in [-0.39, 0.29) is 0 Å². The van der Waals surface area contributed by atoms with Crippen molar-refractivity contribution in [2.45, 2.75) is 44.2 Å². The van der Waals surface area contributed by atoms with E-state index < -0.39 is 0 Å². The normalized spacial score (nSPS) is 35.1. The molecule has 2 saturated heterocycles. The highest BCUT2D eigenvalue weighted by Gasteiger charge is 2.25. The summed E-state index contributed by atoms with van der Waals surface area (Å²) in [4.78, 5) is 5.26. The molecule has 0 amide bonds. The van der Waals surface area contributed by atoms with Gasteiger partial charge in [-0.3, -0.25) is 9.80 Å². The van der Waals surface area contributed by atoms with Crippen molar-refractivity contribution < 1.29 is 4.74 Å². The maximum atomic E-state index is 5.73. The molecule has 3 heteroatoms. The zero-order valence-corrected chi connectivity index (χ0v) is 11.4. The average molecular weight is 250 g/mol. The third-order valence-electron chi connectivity index (χ3n) is 4.59. The molecule has 102 valence electrons. The predicted octanol–water partition coefficient (Wildman–Crippen LogP) is 1.89. The minimum absolute atomic E-state index is 0.520. The molecule has 0 radical (unpaired) electrons. The molecule has 2 atom stereocenters. The molecule has 0 bridgehead atoms. The highest BCUT2D eigenvalue weighted by molar-refractivity contribution is 4.99. The van der Waals surface area contributed by atoms with Crippen LogP contribution in [0.2, 0.25) is 0 Å². The summed E-state index contributed by atoms with van der Waals surface area (Å²) in [5.41, 5.74) is 0. The van der Waals surface area contributed by atoms with Gasteiger partial charge >= 0.3 is 0 Å². The molecular formula is C15H26N2O. The van der Waals surface area contributed by atoms with E-state index in [0.29, 0.717) is 6.10 Å². The first kappa shape index (κ1) is 12.6. The molecule has 0 spiro atoms. The van der Waals surface area contributed by atoms with Gasteiger partial charge in [-0.15, -0.1) is 0 Å². The molecule has 3 rings (SSSR count). The molecule has 0 N–H and O–H groups in total. The maximum Gasteiger partial charge on any atom is 0.0702 e. The highest BCUT2D eigenvalue weighted by Crippen LogP contribution is 2.19. The molecule has 0 saturated carbocycles. The van der Waals surface area contributed by atoms with Crippen molar-refractivity contribution in [1.29, 1.82) is 0 Å². The number of nitrogens with zero attached hydrogens (tertiary/aromatic N) is 2. The molecule has 3 aliphatic rings. The summed E-state index contributed by atoms with van der Waals surface area (Å²) in [6.45, 7) is 7.07. The second-order valence-electron chi connectivity index (χ2n) is 5.90. The molecule has 0 aromatic rings. The molecule has 0 aromatic carbocycles. The van der Waals surface area contributed by atoms with Crippen LogP contribution in [0.25, 0.3) is 0 Å². The van der Waals surface area contributed by atoms with Crippen molar-refractivity contribution in [2.24, 2.45) is 0 Å².